The lowest BCUT2D eigenvalue weighted by atomic mass is 10.2. The molecule has 1 amide bonds. The predicted molar refractivity (Wildman–Crippen MR) is 84.1 cm³/mol. The van der Waals surface area contributed by atoms with Crippen molar-refractivity contribution in [1.82, 2.24) is 0 Å². The van der Waals surface area contributed by atoms with Crippen LogP contribution in [0.15, 0.2) is 39.4 Å². The fourth-order valence-corrected chi connectivity index (χ4v) is 2.14. The Balaban J connectivity index is 2.06. The topological polar surface area (TPSA) is 54.3 Å². The van der Waals surface area contributed by atoms with Gasteiger partial charge >= 0.3 is 0 Å². The standard InChI is InChI=1S/C14H14BrClN2O2/c1-2-14(19)18-9-3-5-11(16)12(7-9)17-8-10-4-6-13(15)20-10/h3-7,17H,2,8H2,1H3,(H,18,19). The molecule has 20 heavy (non-hydrogen) atoms. The van der Waals surface area contributed by atoms with Gasteiger partial charge in [0.15, 0.2) is 4.67 Å². The Labute approximate surface area is 130 Å². The van der Waals surface area contributed by atoms with E-state index in [0.717, 1.165) is 11.4 Å². The van der Waals surface area contributed by atoms with Crippen molar-refractivity contribution in [3.63, 3.8) is 0 Å². The average molecular weight is 358 g/mol. The maximum atomic E-state index is 11.4. The van der Waals surface area contributed by atoms with Gasteiger partial charge in [-0.25, -0.2) is 0 Å². The van der Waals surface area contributed by atoms with Crippen LogP contribution in [0.5, 0.6) is 0 Å². The van der Waals surface area contributed by atoms with Crippen LogP contribution in [-0.2, 0) is 11.3 Å². The zero-order chi connectivity index (χ0) is 14.5. The van der Waals surface area contributed by atoms with Gasteiger partial charge in [-0.05, 0) is 46.3 Å². The summed E-state index contributed by atoms with van der Waals surface area (Å²) in [6.45, 7) is 2.32. The Hall–Kier alpha value is -1.46. The fraction of sp³-hybridized carbons (Fsp3) is 0.214. The van der Waals surface area contributed by atoms with Crippen molar-refractivity contribution in [1.29, 1.82) is 0 Å². The second-order valence-electron chi connectivity index (χ2n) is 4.16. The highest BCUT2D eigenvalue weighted by Crippen LogP contribution is 2.26. The molecule has 2 N–H and O–H groups in total. The Morgan fingerprint density at radius 3 is 2.80 bits per heavy atom. The molecule has 0 radical (unpaired) electrons. The molecule has 0 fully saturated rings. The maximum Gasteiger partial charge on any atom is 0.224 e. The van der Waals surface area contributed by atoms with Crippen molar-refractivity contribution < 1.29 is 9.21 Å². The molecule has 0 unspecified atom stereocenters. The summed E-state index contributed by atoms with van der Waals surface area (Å²) in [5.41, 5.74) is 1.46. The van der Waals surface area contributed by atoms with E-state index in [9.17, 15) is 4.79 Å². The molecule has 106 valence electrons. The van der Waals surface area contributed by atoms with Gasteiger partial charge in [0.25, 0.3) is 0 Å². The second kappa shape index (κ2) is 6.81. The van der Waals surface area contributed by atoms with Crippen LogP contribution >= 0.6 is 27.5 Å². The lowest BCUT2D eigenvalue weighted by Crippen LogP contribution is -2.09. The highest BCUT2D eigenvalue weighted by Gasteiger charge is 2.06. The van der Waals surface area contributed by atoms with E-state index in [1.807, 2.05) is 12.1 Å². The summed E-state index contributed by atoms with van der Waals surface area (Å²) in [4.78, 5) is 11.4. The van der Waals surface area contributed by atoms with Crippen LogP contribution in [-0.4, -0.2) is 5.91 Å². The number of carbonyl (C=O) groups excluding carboxylic acids is 1. The van der Waals surface area contributed by atoms with Gasteiger partial charge in [-0.1, -0.05) is 18.5 Å². The van der Waals surface area contributed by atoms with Gasteiger partial charge in [0.2, 0.25) is 5.91 Å². The molecule has 2 aromatic rings. The van der Waals surface area contributed by atoms with Crippen LogP contribution < -0.4 is 10.6 Å². The molecule has 0 bridgehead atoms. The van der Waals surface area contributed by atoms with Crippen LogP contribution in [0.3, 0.4) is 0 Å². The molecule has 0 saturated carbocycles. The number of benzene rings is 1. The lowest BCUT2D eigenvalue weighted by molar-refractivity contribution is -0.115. The minimum absolute atomic E-state index is 0.0340. The Bertz CT molecular complexity index is 613. The van der Waals surface area contributed by atoms with Gasteiger partial charge < -0.3 is 15.1 Å². The van der Waals surface area contributed by atoms with Crippen molar-refractivity contribution in [2.45, 2.75) is 19.9 Å². The summed E-state index contributed by atoms with van der Waals surface area (Å²) in [5, 5.41) is 6.56. The van der Waals surface area contributed by atoms with E-state index in [2.05, 4.69) is 26.6 Å². The van der Waals surface area contributed by atoms with E-state index in [-0.39, 0.29) is 5.91 Å². The van der Waals surface area contributed by atoms with Crippen LogP contribution in [0.25, 0.3) is 0 Å². The maximum absolute atomic E-state index is 11.4. The average Bonchev–Trinajstić information content (AvgIpc) is 2.85. The van der Waals surface area contributed by atoms with Crippen molar-refractivity contribution in [2.24, 2.45) is 0 Å². The molecule has 0 spiro atoms. The Morgan fingerprint density at radius 1 is 1.35 bits per heavy atom. The quantitative estimate of drug-likeness (QED) is 0.818. The van der Waals surface area contributed by atoms with Gasteiger partial charge in [-0.3, -0.25) is 4.79 Å². The number of carbonyl (C=O) groups is 1. The minimum atomic E-state index is -0.0340. The van der Waals surface area contributed by atoms with E-state index < -0.39 is 0 Å². The number of hydrogen-bond donors (Lipinski definition) is 2. The molecule has 1 aromatic carbocycles. The monoisotopic (exact) mass is 356 g/mol. The molecule has 0 saturated heterocycles. The van der Waals surface area contributed by atoms with Crippen molar-refractivity contribution in [2.75, 3.05) is 10.6 Å². The largest absolute Gasteiger partial charge is 0.452 e. The molecule has 1 aromatic heterocycles. The van der Waals surface area contributed by atoms with E-state index >= 15 is 0 Å². The van der Waals surface area contributed by atoms with Gasteiger partial charge in [-0.15, -0.1) is 0 Å². The number of hydrogen-bond acceptors (Lipinski definition) is 3. The predicted octanol–water partition coefficient (Wildman–Crippen LogP) is 4.66. The van der Waals surface area contributed by atoms with Gasteiger partial charge in [0.1, 0.15) is 5.76 Å². The number of halogens is 2. The first-order valence-electron chi connectivity index (χ1n) is 6.16. The summed E-state index contributed by atoms with van der Waals surface area (Å²) >= 11 is 9.37. The summed E-state index contributed by atoms with van der Waals surface area (Å²) in [6, 6.07) is 9.01. The van der Waals surface area contributed by atoms with E-state index in [4.69, 9.17) is 16.0 Å². The fourth-order valence-electron chi connectivity index (χ4n) is 1.62. The second-order valence-corrected chi connectivity index (χ2v) is 5.34. The molecular formula is C14H14BrClN2O2. The summed E-state index contributed by atoms with van der Waals surface area (Å²) < 4.78 is 6.08. The highest BCUT2D eigenvalue weighted by atomic mass is 79.9. The first-order valence-corrected chi connectivity index (χ1v) is 7.33. The summed E-state index contributed by atoms with van der Waals surface area (Å²) in [5.74, 6) is 0.754. The van der Waals surface area contributed by atoms with Gasteiger partial charge in [0.05, 0.1) is 17.3 Å². The molecule has 0 aliphatic heterocycles. The summed E-state index contributed by atoms with van der Waals surface area (Å²) in [6.07, 6.45) is 0.436. The highest BCUT2D eigenvalue weighted by molar-refractivity contribution is 9.10. The number of anilines is 2. The summed E-state index contributed by atoms with van der Waals surface area (Å²) in [7, 11) is 0. The van der Waals surface area contributed by atoms with Crippen LogP contribution in [0.2, 0.25) is 5.02 Å². The molecule has 4 nitrogen and oxygen atoms in total. The third-order valence-corrected chi connectivity index (χ3v) is 3.41. The minimum Gasteiger partial charge on any atom is -0.452 e. The van der Waals surface area contributed by atoms with Crippen molar-refractivity contribution in [3.05, 3.63) is 45.8 Å². The third kappa shape index (κ3) is 4.02. The zero-order valence-electron chi connectivity index (χ0n) is 10.9. The third-order valence-electron chi connectivity index (χ3n) is 2.65. The van der Waals surface area contributed by atoms with Crippen LogP contribution in [0.1, 0.15) is 19.1 Å². The molecule has 6 heteroatoms. The number of nitrogens with one attached hydrogen (secondary N) is 2. The Kier molecular flexibility index (Phi) is 5.09. The lowest BCUT2D eigenvalue weighted by Gasteiger charge is -2.10. The van der Waals surface area contributed by atoms with Gasteiger partial charge in [-0.2, -0.15) is 0 Å². The number of amides is 1. The normalized spacial score (nSPS) is 10.3. The first-order chi connectivity index (χ1) is 9.58. The number of furan rings is 1. The Morgan fingerprint density at radius 2 is 2.15 bits per heavy atom. The SMILES string of the molecule is CCC(=O)Nc1ccc(Cl)c(NCc2ccc(Br)o2)c1. The number of rotatable bonds is 5. The van der Waals surface area contributed by atoms with E-state index in [0.29, 0.717) is 28.3 Å². The van der Waals surface area contributed by atoms with Crippen LogP contribution in [0.4, 0.5) is 11.4 Å². The van der Waals surface area contributed by atoms with E-state index in [1.54, 1.807) is 25.1 Å². The van der Waals surface area contributed by atoms with Crippen molar-refractivity contribution in [3.8, 4) is 0 Å². The first kappa shape index (κ1) is 14.9. The van der Waals surface area contributed by atoms with Crippen LogP contribution in [0, 0.1) is 0 Å². The molecule has 1 heterocycles. The van der Waals surface area contributed by atoms with E-state index in [1.165, 1.54) is 0 Å². The molecule has 0 atom stereocenters. The molecule has 0 aliphatic rings. The van der Waals surface area contributed by atoms with Crippen molar-refractivity contribution >= 4 is 44.8 Å². The molecule has 2 rings (SSSR count). The zero-order valence-corrected chi connectivity index (χ0v) is 13.2. The smallest absolute Gasteiger partial charge is 0.224 e. The molecular weight excluding hydrogens is 344 g/mol. The molecule has 0 aliphatic carbocycles. The van der Waals surface area contributed by atoms with Gasteiger partial charge in [0, 0.05) is 12.1 Å².